The number of nitrogens with two attached hydrogens (primary N) is 1. The summed E-state index contributed by atoms with van der Waals surface area (Å²) in [6.45, 7) is 5.99. The highest BCUT2D eigenvalue weighted by Crippen LogP contribution is 2.16. The minimum atomic E-state index is -0.165. The van der Waals surface area contributed by atoms with Crippen LogP contribution in [-0.2, 0) is 0 Å². The maximum absolute atomic E-state index is 5.46. The fourth-order valence-electron chi connectivity index (χ4n) is 1.03. The topological polar surface area (TPSA) is 47.3 Å². The molecule has 0 aliphatic heterocycles. The number of hydrogen-bond acceptors (Lipinski definition) is 3. The van der Waals surface area contributed by atoms with Crippen molar-refractivity contribution in [2.45, 2.75) is 27.0 Å². The van der Waals surface area contributed by atoms with Gasteiger partial charge in [-0.1, -0.05) is 6.07 Å². The van der Waals surface area contributed by atoms with Crippen molar-refractivity contribution in [3.8, 4) is 5.75 Å². The number of hydrogen-bond donors (Lipinski definition) is 2. The summed E-state index contributed by atoms with van der Waals surface area (Å²) in [6.07, 6.45) is -0.165. The second-order valence-electron chi connectivity index (χ2n) is 3.17. The van der Waals surface area contributed by atoms with Gasteiger partial charge in [0.2, 0.25) is 0 Å². The van der Waals surface area contributed by atoms with E-state index in [-0.39, 0.29) is 6.23 Å². The number of ether oxygens (including phenoxy) is 1. The summed E-state index contributed by atoms with van der Waals surface area (Å²) in [5.74, 6) is 6.05. The maximum Gasteiger partial charge on any atom is 0.159 e. The van der Waals surface area contributed by atoms with Crippen molar-refractivity contribution in [2.75, 3.05) is 0 Å². The second-order valence-corrected chi connectivity index (χ2v) is 3.17. The Kier molecular flexibility index (Phi) is 3.28. The third-order valence-corrected chi connectivity index (χ3v) is 2.03. The molecule has 0 heterocycles. The number of benzene rings is 1. The molecule has 1 aromatic carbocycles. The predicted octanol–water partition coefficient (Wildman–Crippen LogP) is 1.49. The van der Waals surface area contributed by atoms with Crippen molar-refractivity contribution in [3.63, 3.8) is 0 Å². The minimum Gasteiger partial charge on any atom is -0.474 e. The molecule has 0 radical (unpaired) electrons. The molecule has 1 aromatic rings. The van der Waals surface area contributed by atoms with Crippen molar-refractivity contribution in [1.29, 1.82) is 0 Å². The van der Waals surface area contributed by atoms with E-state index in [2.05, 4.69) is 19.3 Å². The summed E-state index contributed by atoms with van der Waals surface area (Å²) in [5, 5.41) is 0. The Hall–Kier alpha value is -1.06. The molecule has 0 aromatic heterocycles. The molecular formula is C10H16N2O. The lowest BCUT2D eigenvalue weighted by Crippen LogP contribution is -2.36. The van der Waals surface area contributed by atoms with Gasteiger partial charge in [0.05, 0.1) is 0 Å². The largest absolute Gasteiger partial charge is 0.474 e. The lowest BCUT2D eigenvalue weighted by atomic mass is 10.1. The third kappa shape index (κ3) is 2.72. The van der Waals surface area contributed by atoms with E-state index in [1.807, 2.05) is 25.1 Å². The van der Waals surface area contributed by atoms with E-state index in [4.69, 9.17) is 10.6 Å². The Morgan fingerprint density at radius 3 is 2.54 bits per heavy atom. The van der Waals surface area contributed by atoms with Crippen molar-refractivity contribution >= 4 is 0 Å². The highest BCUT2D eigenvalue weighted by molar-refractivity contribution is 5.33. The first-order valence-corrected chi connectivity index (χ1v) is 4.33. The van der Waals surface area contributed by atoms with Gasteiger partial charge in [-0.25, -0.2) is 5.43 Å². The minimum absolute atomic E-state index is 0.165. The van der Waals surface area contributed by atoms with Gasteiger partial charge in [0.25, 0.3) is 0 Å². The van der Waals surface area contributed by atoms with Gasteiger partial charge in [-0.2, -0.15) is 0 Å². The molecule has 0 fully saturated rings. The van der Waals surface area contributed by atoms with Gasteiger partial charge >= 0.3 is 0 Å². The molecular weight excluding hydrogens is 164 g/mol. The summed E-state index contributed by atoms with van der Waals surface area (Å²) >= 11 is 0. The first-order chi connectivity index (χ1) is 6.13. The van der Waals surface area contributed by atoms with E-state index in [9.17, 15) is 0 Å². The highest BCUT2D eigenvalue weighted by atomic mass is 16.5. The van der Waals surface area contributed by atoms with Gasteiger partial charge in [-0.15, -0.1) is 0 Å². The van der Waals surface area contributed by atoms with Crippen molar-refractivity contribution < 1.29 is 4.74 Å². The van der Waals surface area contributed by atoms with E-state index in [0.29, 0.717) is 0 Å². The van der Waals surface area contributed by atoms with Crippen LogP contribution in [0.1, 0.15) is 18.1 Å². The molecule has 3 heteroatoms. The van der Waals surface area contributed by atoms with Crippen molar-refractivity contribution in [3.05, 3.63) is 29.3 Å². The monoisotopic (exact) mass is 180 g/mol. The Balaban J connectivity index is 2.73. The summed E-state index contributed by atoms with van der Waals surface area (Å²) in [4.78, 5) is 0. The van der Waals surface area contributed by atoms with Crippen LogP contribution in [0.15, 0.2) is 18.2 Å². The fraction of sp³-hybridized carbons (Fsp3) is 0.400. The van der Waals surface area contributed by atoms with Gasteiger partial charge < -0.3 is 4.74 Å². The molecule has 3 N–H and O–H groups in total. The van der Waals surface area contributed by atoms with E-state index in [1.165, 1.54) is 11.1 Å². The lowest BCUT2D eigenvalue weighted by Gasteiger charge is -2.13. The number of nitrogens with one attached hydrogen (secondary N) is 1. The molecule has 72 valence electrons. The Morgan fingerprint density at radius 2 is 2.00 bits per heavy atom. The number of aryl methyl sites for hydroxylation is 2. The van der Waals surface area contributed by atoms with E-state index < -0.39 is 0 Å². The first-order valence-electron chi connectivity index (χ1n) is 4.33. The second kappa shape index (κ2) is 4.25. The Bertz CT molecular complexity index is 286. The fourth-order valence-corrected chi connectivity index (χ4v) is 1.03. The van der Waals surface area contributed by atoms with Gasteiger partial charge in [0.15, 0.2) is 6.23 Å². The molecule has 0 saturated carbocycles. The van der Waals surface area contributed by atoms with Gasteiger partial charge in [-0.05, 0) is 44.0 Å². The summed E-state index contributed by atoms with van der Waals surface area (Å²) in [5.41, 5.74) is 5.01. The maximum atomic E-state index is 5.46. The number of hydrazine groups is 1. The molecule has 0 aliphatic carbocycles. The van der Waals surface area contributed by atoms with Crippen LogP contribution in [0.5, 0.6) is 5.75 Å². The zero-order valence-corrected chi connectivity index (χ0v) is 8.29. The predicted molar refractivity (Wildman–Crippen MR) is 53.3 cm³/mol. The first kappa shape index (κ1) is 10.0. The molecule has 1 unspecified atom stereocenters. The van der Waals surface area contributed by atoms with Crippen LogP contribution < -0.4 is 16.0 Å². The molecule has 13 heavy (non-hydrogen) atoms. The molecule has 3 nitrogen and oxygen atoms in total. The summed E-state index contributed by atoms with van der Waals surface area (Å²) < 4.78 is 5.46. The Morgan fingerprint density at radius 1 is 1.31 bits per heavy atom. The van der Waals surface area contributed by atoms with Crippen LogP contribution >= 0.6 is 0 Å². The number of rotatable bonds is 3. The zero-order valence-electron chi connectivity index (χ0n) is 8.29. The highest BCUT2D eigenvalue weighted by Gasteiger charge is 2.01. The molecule has 0 bridgehead atoms. The molecule has 1 rings (SSSR count). The van der Waals surface area contributed by atoms with Crippen molar-refractivity contribution in [1.82, 2.24) is 5.43 Å². The molecule has 0 aliphatic rings. The van der Waals surface area contributed by atoms with Crippen LogP contribution in [0, 0.1) is 13.8 Å². The molecule has 1 atom stereocenters. The smallest absolute Gasteiger partial charge is 0.159 e. The Labute approximate surface area is 78.9 Å². The van der Waals surface area contributed by atoms with Crippen LogP contribution in [0.3, 0.4) is 0 Å². The van der Waals surface area contributed by atoms with Gasteiger partial charge in [0.1, 0.15) is 5.75 Å². The van der Waals surface area contributed by atoms with E-state index in [1.54, 1.807) is 0 Å². The zero-order chi connectivity index (χ0) is 9.84. The normalized spacial score (nSPS) is 12.6. The summed E-state index contributed by atoms with van der Waals surface area (Å²) in [6, 6.07) is 5.98. The average molecular weight is 180 g/mol. The van der Waals surface area contributed by atoms with Crippen molar-refractivity contribution in [2.24, 2.45) is 5.84 Å². The molecule has 0 spiro atoms. The molecule has 0 amide bonds. The quantitative estimate of drug-likeness (QED) is 0.421. The van der Waals surface area contributed by atoms with E-state index in [0.717, 1.165) is 5.75 Å². The lowest BCUT2D eigenvalue weighted by molar-refractivity contribution is 0.184. The SMILES string of the molecule is Cc1ccc(OC(C)NN)cc1C. The van der Waals surface area contributed by atoms with Crippen LogP contribution in [-0.4, -0.2) is 6.23 Å². The average Bonchev–Trinajstić information content (AvgIpc) is 2.11. The van der Waals surface area contributed by atoms with E-state index >= 15 is 0 Å². The summed E-state index contributed by atoms with van der Waals surface area (Å²) in [7, 11) is 0. The van der Waals surface area contributed by atoms with Crippen LogP contribution in [0.25, 0.3) is 0 Å². The van der Waals surface area contributed by atoms with Gasteiger partial charge in [-0.3, -0.25) is 5.84 Å². The third-order valence-electron chi connectivity index (χ3n) is 2.03. The standard InChI is InChI=1S/C10H16N2O/c1-7-4-5-10(6-8(7)2)13-9(3)12-11/h4-6,9,12H,11H2,1-3H3. The van der Waals surface area contributed by atoms with Crippen LogP contribution in [0.2, 0.25) is 0 Å². The molecule has 0 saturated heterocycles. The van der Waals surface area contributed by atoms with Gasteiger partial charge in [0, 0.05) is 0 Å². The van der Waals surface area contributed by atoms with Crippen LogP contribution in [0.4, 0.5) is 0 Å².